The van der Waals surface area contributed by atoms with Crippen molar-refractivity contribution in [2.24, 2.45) is 0 Å². The Morgan fingerprint density at radius 1 is 0.311 bits per heavy atom. The molecule has 0 amide bonds. The fourth-order valence-electron chi connectivity index (χ4n) is 15.2. The Morgan fingerprint density at radius 2 is 0.681 bits per heavy atom. The first kappa shape index (κ1) is 76.5. The van der Waals surface area contributed by atoms with E-state index in [1.54, 1.807) is 56.2 Å². The average molecular weight is 1590 g/mol. The zero-order valence-corrected chi connectivity index (χ0v) is 64.0. The number of anilines is 12. The summed E-state index contributed by atoms with van der Waals surface area (Å²) in [6.07, 6.45) is 24.8. The van der Waals surface area contributed by atoms with E-state index in [0.717, 1.165) is 163 Å². The second-order valence-electron chi connectivity index (χ2n) is 28.5. The van der Waals surface area contributed by atoms with Crippen LogP contribution in [0.5, 0.6) is 0 Å². The smallest absolute Gasteiger partial charge is 0.154 e. The zero-order valence-electron chi connectivity index (χ0n) is 64.0. The predicted molar refractivity (Wildman–Crippen MR) is 446 cm³/mol. The zero-order chi connectivity index (χ0) is 80.6. The Bertz CT molecular complexity index is 5490. The minimum absolute atomic E-state index is 0.175. The molecule has 20 rings (SSSR count). The van der Waals surface area contributed by atoms with E-state index < -0.39 is 0 Å². The van der Waals surface area contributed by atoms with Crippen LogP contribution in [0.3, 0.4) is 0 Å². The quantitative estimate of drug-likeness (QED) is 0.0329. The molecular weight excluding hydrogens is 1520 g/mol. The Kier molecular flexibility index (Phi) is 23.2. The van der Waals surface area contributed by atoms with Crippen LogP contribution < -0.4 is 40.9 Å². The fourth-order valence-corrected chi connectivity index (χ4v) is 15.2. The van der Waals surface area contributed by atoms with Crippen LogP contribution in [0.4, 0.5) is 87.4 Å². The summed E-state index contributed by atoms with van der Waals surface area (Å²) in [6.45, 7) is 3.58. The third kappa shape index (κ3) is 18.8. The number of hydrogen-bond donors (Lipinski definition) is 8. The summed E-state index contributed by atoms with van der Waals surface area (Å²) < 4.78 is 58.6. The molecule has 0 radical (unpaired) electrons. The van der Waals surface area contributed by atoms with Gasteiger partial charge < -0.3 is 45.3 Å². The molecule has 4 aliphatic heterocycles. The van der Waals surface area contributed by atoms with Crippen molar-refractivity contribution in [1.82, 2.24) is 95.6 Å². The van der Waals surface area contributed by atoms with Crippen molar-refractivity contribution >= 4 is 69.8 Å². The second-order valence-corrected chi connectivity index (χ2v) is 28.5. The normalized spacial score (nSPS) is 16.1. The van der Waals surface area contributed by atoms with E-state index in [1.165, 1.54) is 54.9 Å². The first-order chi connectivity index (χ1) is 58.5. The molecule has 16 heterocycles. The van der Waals surface area contributed by atoms with Gasteiger partial charge in [-0.1, -0.05) is 54.6 Å². The van der Waals surface area contributed by atoms with Gasteiger partial charge in [0.25, 0.3) is 0 Å². The van der Waals surface area contributed by atoms with E-state index in [4.69, 9.17) is 4.42 Å². The number of nitrogens with one attached hydrogen (secondary N) is 8. The largest absolute Gasteiger partial charge is 0.463 e. The van der Waals surface area contributed by atoms with Crippen LogP contribution in [-0.2, 0) is 0 Å². The first-order valence-electron chi connectivity index (χ1n) is 39.0. The number of hydrogen-bond acceptors (Lipinski definition) is 24. The van der Waals surface area contributed by atoms with Crippen LogP contribution in [0.25, 0.3) is 45.4 Å². The van der Waals surface area contributed by atoms with E-state index in [9.17, 15) is 17.6 Å². The van der Waals surface area contributed by atoms with Gasteiger partial charge in [0.2, 0.25) is 0 Å². The van der Waals surface area contributed by atoms with E-state index in [0.29, 0.717) is 52.3 Å². The summed E-state index contributed by atoms with van der Waals surface area (Å²) in [4.78, 5) is 56.6. The summed E-state index contributed by atoms with van der Waals surface area (Å²) in [6, 6.07) is 59.9. The van der Waals surface area contributed by atoms with Crippen molar-refractivity contribution in [1.29, 1.82) is 0 Å². The van der Waals surface area contributed by atoms with E-state index in [2.05, 4.69) is 136 Å². The lowest BCUT2D eigenvalue weighted by Crippen LogP contribution is -2.23. The Balaban J connectivity index is 0.000000113. The van der Waals surface area contributed by atoms with E-state index in [1.807, 2.05) is 152 Å². The Hall–Kier alpha value is -15.1. The van der Waals surface area contributed by atoms with Gasteiger partial charge in [0.1, 0.15) is 101 Å². The molecule has 4 aliphatic rings. The van der Waals surface area contributed by atoms with Crippen LogP contribution in [-0.4, -0.2) is 122 Å². The molecule has 4 saturated heterocycles. The van der Waals surface area contributed by atoms with Crippen molar-refractivity contribution < 1.29 is 22.0 Å². The van der Waals surface area contributed by atoms with Crippen molar-refractivity contribution in [2.75, 3.05) is 67.0 Å². The first-order valence-corrected chi connectivity index (χ1v) is 39.0. The van der Waals surface area contributed by atoms with Gasteiger partial charge in [0.05, 0.1) is 53.2 Å². The minimum atomic E-state index is -0.222. The number of rotatable bonds is 20. The van der Waals surface area contributed by atoms with Crippen LogP contribution in [0, 0.1) is 23.3 Å². The standard InChI is InChI=1S/3C22H20FN7.C21H19FN6O/c23-17-7-5-15(6-8-17)19-4-2-10-30(19)22-12-20(25-14-26-22)27-21-11-18(28-29-21)16-3-1-9-24-13-16;23-17-5-3-16(4-6-17)19-2-1-11-30(19)22-13-20(25-14-26-22)27-21-12-18(28-29-21)15-7-9-24-10-8-15;23-16-8-6-15(7-9-16)19-5-3-11-30(19)22-13-20(25-14-26-22)27-21-12-18(28-29-21)17-4-1-2-10-24-17;22-15-7-5-14(6-8-15)17-3-1-9-28(17)21-12-19(23-13-24-21)25-20-11-16(26-27-20)18-4-2-10-29-18/h1,3,5-9,11-14,19H,2,4,10H2,(H2,25,26,27,28,29);3-10,12-14,19H,1-2,11H2,(H2,25,26,27,28,29);1-2,4,6-10,12-14,19H,3,5,11H2,(H2,25,26,27,28,29);2,4-8,10-13,17H,1,3,9H2,(H2,23,24,25,26,27). The molecule has 8 N–H and O–H groups in total. The van der Waals surface area contributed by atoms with Crippen LogP contribution in [0.1, 0.15) is 97.8 Å². The molecule has 28 nitrogen and oxygen atoms in total. The number of aromatic amines is 4. The van der Waals surface area contributed by atoms with Gasteiger partial charge in [0.15, 0.2) is 29.0 Å². The lowest BCUT2D eigenvalue weighted by Gasteiger charge is -2.26. The SMILES string of the molecule is Fc1ccc(C2CCCN2c2cc(Nc3cc(-c4ccccn4)[nH]n3)ncn2)cc1.Fc1ccc(C2CCCN2c2cc(Nc3cc(-c4cccnc4)[nH]n3)ncn2)cc1.Fc1ccc(C2CCCN2c2cc(Nc3cc(-c4ccco4)[nH]n3)ncn2)cc1.Fc1ccc(C2CCCN2c2cc(Nc3cc(-c4ccncc4)[nH]n3)ncn2)cc1. The molecule has 119 heavy (non-hydrogen) atoms. The molecule has 4 aromatic carbocycles. The predicted octanol–water partition coefficient (Wildman–Crippen LogP) is 18.1. The fraction of sp³-hybridized carbons (Fsp3) is 0.184. The Morgan fingerprint density at radius 3 is 1.04 bits per heavy atom. The van der Waals surface area contributed by atoms with Gasteiger partial charge in [-0.05, 0) is 171 Å². The molecular formula is C87H79F4N27O. The number of halogens is 4. The highest BCUT2D eigenvalue weighted by atomic mass is 19.1. The second kappa shape index (κ2) is 36.2. The molecule has 596 valence electrons. The highest BCUT2D eigenvalue weighted by Gasteiger charge is 2.32. The molecule has 0 bridgehead atoms. The lowest BCUT2D eigenvalue weighted by atomic mass is 10.0. The maximum absolute atomic E-state index is 13.3. The highest BCUT2D eigenvalue weighted by Crippen LogP contribution is 2.41. The van der Waals surface area contributed by atoms with Gasteiger partial charge in [0, 0.05) is 117 Å². The molecule has 12 aromatic heterocycles. The van der Waals surface area contributed by atoms with Crippen molar-refractivity contribution in [3.05, 3.63) is 308 Å². The third-order valence-corrected chi connectivity index (χ3v) is 20.8. The van der Waals surface area contributed by atoms with Gasteiger partial charge in [-0.25, -0.2) is 57.4 Å². The van der Waals surface area contributed by atoms with Crippen LogP contribution >= 0.6 is 0 Å². The molecule has 4 unspecified atom stereocenters. The summed E-state index contributed by atoms with van der Waals surface area (Å²) >= 11 is 0. The summed E-state index contributed by atoms with van der Waals surface area (Å²) in [5.74, 6) is 8.42. The van der Waals surface area contributed by atoms with Gasteiger partial charge in [-0.2, -0.15) is 20.4 Å². The maximum atomic E-state index is 13.3. The van der Waals surface area contributed by atoms with Crippen LogP contribution in [0.2, 0.25) is 0 Å². The van der Waals surface area contributed by atoms with E-state index in [-0.39, 0.29) is 47.4 Å². The number of benzene rings is 4. The minimum Gasteiger partial charge on any atom is -0.463 e. The van der Waals surface area contributed by atoms with Gasteiger partial charge in [-0.15, -0.1) is 0 Å². The van der Waals surface area contributed by atoms with E-state index >= 15 is 0 Å². The topological polar surface area (TPSA) is 331 Å². The number of pyridine rings is 3. The molecule has 16 aromatic rings. The Labute approximate surface area is 680 Å². The monoisotopic (exact) mass is 1590 g/mol. The lowest BCUT2D eigenvalue weighted by molar-refractivity contribution is 0.580. The summed E-state index contributed by atoms with van der Waals surface area (Å²) in [7, 11) is 0. The molecule has 0 spiro atoms. The number of nitrogens with zero attached hydrogens (tertiary/aromatic N) is 19. The third-order valence-electron chi connectivity index (χ3n) is 20.8. The molecule has 0 saturated carbocycles. The van der Waals surface area contributed by atoms with Gasteiger partial charge in [-0.3, -0.25) is 35.3 Å². The van der Waals surface area contributed by atoms with Gasteiger partial charge >= 0.3 is 0 Å². The summed E-state index contributed by atoms with van der Waals surface area (Å²) in [5, 5.41) is 42.0. The van der Waals surface area contributed by atoms with Crippen molar-refractivity contribution in [3.63, 3.8) is 0 Å². The molecule has 0 aliphatic carbocycles. The number of H-pyrrole nitrogens is 4. The molecule has 32 heteroatoms. The number of aromatic nitrogens is 19. The number of furan rings is 1. The highest BCUT2D eigenvalue weighted by molar-refractivity contribution is 5.69. The van der Waals surface area contributed by atoms with Crippen LogP contribution in [0.15, 0.2) is 267 Å². The van der Waals surface area contributed by atoms with Crippen molar-refractivity contribution in [3.8, 4) is 45.4 Å². The maximum Gasteiger partial charge on any atom is 0.154 e. The van der Waals surface area contributed by atoms with Crippen molar-refractivity contribution in [2.45, 2.75) is 75.5 Å². The molecule has 4 atom stereocenters. The molecule has 4 fully saturated rings. The average Bonchev–Trinajstić information content (AvgIpc) is 1.73. The summed E-state index contributed by atoms with van der Waals surface area (Å²) in [5.41, 5.74) is 10.5.